The van der Waals surface area contributed by atoms with Crippen LogP contribution in [0.3, 0.4) is 0 Å². The van der Waals surface area contributed by atoms with Crippen molar-refractivity contribution < 1.29 is 9.53 Å². The van der Waals surface area contributed by atoms with Crippen molar-refractivity contribution in [3.8, 4) is 0 Å². The Morgan fingerprint density at radius 2 is 2.06 bits per heavy atom. The van der Waals surface area contributed by atoms with E-state index in [-0.39, 0.29) is 12.0 Å². The van der Waals surface area contributed by atoms with Gasteiger partial charge in [-0.05, 0) is 50.7 Å². The predicted molar refractivity (Wildman–Crippen MR) is 77.0 cm³/mol. The Bertz CT molecular complexity index is 458. The highest BCUT2D eigenvalue weighted by Gasteiger charge is 2.12. The van der Waals surface area contributed by atoms with Gasteiger partial charge in [-0.2, -0.15) is 0 Å². The van der Waals surface area contributed by atoms with E-state index in [1.165, 1.54) is 7.11 Å². The number of benzene rings is 1. The average Bonchev–Trinajstić information content (AvgIpc) is 2.30. The fourth-order valence-corrected chi connectivity index (χ4v) is 1.87. The molecular weight excluding hydrogens is 248 g/mol. The molecule has 4 nitrogen and oxygen atoms in total. The fourth-order valence-electron chi connectivity index (χ4n) is 1.52. The first-order valence-electron chi connectivity index (χ1n) is 5.71. The van der Waals surface area contributed by atoms with Crippen molar-refractivity contribution in [2.24, 2.45) is 0 Å². The Balaban J connectivity index is 2.91. The summed E-state index contributed by atoms with van der Waals surface area (Å²) in [7, 11) is 1.37. The van der Waals surface area contributed by atoms with Gasteiger partial charge >= 0.3 is 5.97 Å². The molecule has 2 N–H and O–H groups in total. The SMILES string of the molecule is COC(=O)c1cccc(NC(=S)NC(C)C)c1C. The molecule has 0 saturated carbocycles. The maximum Gasteiger partial charge on any atom is 0.338 e. The quantitative estimate of drug-likeness (QED) is 0.650. The van der Waals surface area contributed by atoms with Crippen LogP contribution in [0.2, 0.25) is 0 Å². The molecule has 0 heterocycles. The molecule has 0 aliphatic heterocycles. The minimum Gasteiger partial charge on any atom is -0.465 e. The number of ether oxygens (including phenoxy) is 1. The molecule has 0 saturated heterocycles. The van der Waals surface area contributed by atoms with Gasteiger partial charge in [0, 0.05) is 11.7 Å². The summed E-state index contributed by atoms with van der Waals surface area (Å²) in [5.74, 6) is -0.348. The molecule has 0 aliphatic rings. The molecule has 1 aromatic carbocycles. The third-order valence-electron chi connectivity index (χ3n) is 2.41. The summed E-state index contributed by atoms with van der Waals surface area (Å²) < 4.78 is 4.73. The highest BCUT2D eigenvalue weighted by atomic mass is 32.1. The number of carbonyl (C=O) groups is 1. The summed E-state index contributed by atoms with van der Waals surface area (Å²) in [6.07, 6.45) is 0. The van der Waals surface area contributed by atoms with Crippen molar-refractivity contribution in [1.29, 1.82) is 0 Å². The van der Waals surface area contributed by atoms with Crippen molar-refractivity contribution in [3.63, 3.8) is 0 Å². The molecule has 18 heavy (non-hydrogen) atoms. The van der Waals surface area contributed by atoms with Gasteiger partial charge in [0.15, 0.2) is 5.11 Å². The molecule has 1 aromatic rings. The summed E-state index contributed by atoms with van der Waals surface area (Å²) in [6, 6.07) is 5.65. The summed E-state index contributed by atoms with van der Waals surface area (Å²) in [5.41, 5.74) is 2.16. The van der Waals surface area contributed by atoms with E-state index in [0.29, 0.717) is 10.7 Å². The van der Waals surface area contributed by atoms with Crippen LogP contribution < -0.4 is 10.6 Å². The lowest BCUT2D eigenvalue weighted by Crippen LogP contribution is -2.34. The molecule has 0 fully saturated rings. The van der Waals surface area contributed by atoms with E-state index in [9.17, 15) is 4.79 Å². The van der Waals surface area contributed by atoms with Gasteiger partial charge in [-0.25, -0.2) is 4.79 Å². The van der Waals surface area contributed by atoms with Crippen molar-refractivity contribution in [2.75, 3.05) is 12.4 Å². The molecule has 0 unspecified atom stereocenters. The standard InChI is InChI=1S/C13H18N2O2S/c1-8(2)14-13(18)15-11-7-5-6-10(9(11)3)12(16)17-4/h5-8H,1-4H3,(H2,14,15,18). The van der Waals surface area contributed by atoms with E-state index in [1.54, 1.807) is 12.1 Å². The molecule has 0 aliphatic carbocycles. The minimum absolute atomic E-state index is 0.258. The normalized spacial score (nSPS) is 10.1. The maximum atomic E-state index is 11.6. The molecule has 0 atom stereocenters. The molecule has 0 amide bonds. The Morgan fingerprint density at radius 3 is 2.61 bits per heavy atom. The number of methoxy groups -OCH3 is 1. The smallest absolute Gasteiger partial charge is 0.338 e. The number of thiocarbonyl (C=S) groups is 1. The second kappa shape index (κ2) is 6.35. The van der Waals surface area contributed by atoms with Gasteiger partial charge in [0.05, 0.1) is 12.7 Å². The van der Waals surface area contributed by atoms with Crippen molar-refractivity contribution >= 4 is 29.0 Å². The highest BCUT2D eigenvalue weighted by molar-refractivity contribution is 7.80. The van der Waals surface area contributed by atoms with Crippen molar-refractivity contribution in [2.45, 2.75) is 26.8 Å². The number of carbonyl (C=O) groups excluding carboxylic acids is 1. The van der Waals surface area contributed by atoms with Gasteiger partial charge in [-0.15, -0.1) is 0 Å². The van der Waals surface area contributed by atoms with Gasteiger partial charge < -0.3 is 15.4 Å². The lowest BCUT2D eigenvalue weighted by atomic mass is 10.1. The van der Waals surface area contributed by atoms with Crippen LogP contribution >= 0.6 is 12.2 Å². The first kappa shape index (κ1) is 14.4. The Kier molecular flexibility index (Phi) is 5.09. The second-order valence-electron chi connectivity index (χ2n) is 4.22. The largest absolute Gasteiger partial charge is 0.465 e. The zero-order valence-electron chi connectivity index (χ0n) is 11.0. The Hall–Kier alpha value is -1.62. The molecule has 0 aromatic heterocycles. The Morgan fingerprint density at radius 1 is 1.39 bits per heavy atom. The molecule has 5 heteroatoms. The third kappa shape index (κ3) is 3.70. The van der Waals surface area contributed by atoms with Crippen LogP contribution in [0.5, 0.6) is 0 Å². The monoisotopic (exact) mass is 266 g/mol. The molecule has 0 bridgehead atoms. The second-order valence-corrected chi connectivity index (χ2v) is 4.63. The van der Waals surface area contributed by atoms with E-state index in [1.807, 2.05) is 26.8 Å². The van der Waals surface area contributed by atoms with E-state index in [2.05, 4.69) is 10.6 Å². The highest BCUT2D eigenvalue weighted by Crippen LogP contribution is 2.19. The first-order chi connectivity index (χ1) is 8.45. The van der Waals surface area contributed by atoms with Crippen LogP contribution in [-0.2, 0) is 4.74 Å². The first-order valence-corrected chi connectivity index (χ1v) is 6.12. The van der Waals surface area contributed by atoms with Gasteiger partial charge in [-0.3, -0.25) is 0 Å². The van der Waals surface area contributed by atoms with Gasteiger partial charge in [0.25, 0.3) is 0 Å². The van der Waals surface area contributed by atoms with Crippen molar-refractivity contribution in [3.05, 3.63) is 29.3 Å². The van der Waals surface area contributed by atoms with Gasteiger partial charge in [0.2, 0.25) is 0 Å². The Labute approximate surface area is 113 Å². The summed E-state index contributed by atoms with van der Waals surface area (Å²) in [4.78, 5) is 11.6. The van der Waals surface area contributed by atoms with Crippen LogP contribution in [0, 0.1) is 6.92 Å². The lowest BCUT2D eigenvalue weighted by molar-refractivity contribution is 0.0600. The fraction of sp³-hybridized carbons (Fsp3) is 0.385. The van der Waals surface area contributed by atoms with Crippen LogP contribution in [0.25, 0.3) is 0 Å². The average molecular weight is 266 g/mol. The van der Waals surface area contributed by atoms with Crippen LogP contribution in [0.15, 0.2) is 18.2 Å². The topological polar surface area (TPSA) is 50.4 Å². The van der Waals surface area contributed by atoms with E-state index in [4.69, 9.17) is 17.0 Å². The summed E-state index contributed by atoms with van der Waals surface area (Å²) in [6.45, 7) is 5.87. The molecule has 0 spiro atoms. The number of hydrogen-bond acceptors (Lipinski definition) is 3. The molecule has 0 radical (unpaired) electrons. The van der Waals surface area contributed by atoms with Crippen molar-refractivity contribution in [1.82, 2.24) is 5.32 Å². The minimum atomic E-state index is -0.348. The number of nitrogens with one attached hydrogen (secondary N) is 2. The third-order valence-corrected chi connectivity index (χ3v) is 2.63. The molecule has 98 valence electrons. The summed E-state index contributed by atoms with van der Waals surface area (Å²) in [5, 5.41) is 6.70. The van der Waals surface area contributed by atoms with E-state index < -0.39 is 0 Å². The molecule has 1 rings (SSSR count). The number of anilines is 1. The zero-order chi connectivity index (χ0) is 13.7. The van der Waals surface area contributed by atoms with Crippen LogP contribution in [-0.4, -0.2) is 24.2 Å². The number of hydrogen-bond donors (Lipinski definition) is 2. The lowest BCUT2D eigenvalue weighted by Gasteiger charge is -2.15. The number of rotatable bonds is 3. The van der Waals surface area contributed by atoms with E-state index >= 15 is 0 Å². The summed E-state index contributed by atoms with van der Waals surface area (Å²) >= 11 is 5.17. The van der Waals surface area contributed by atoms with E-state index in [0.717, 1.165) is 11.3 Å². The van der Waals surface area contributed by atoms with Gasteiger partial charge in [-0.1, -0.05) is 6.07 Å². The van der Waals surface area contributed by atoms with Crippen LogP contribution in [0.4, 0.5) is 5.69 Å². The maximum absolute atomic E-state index is 11.6. The zero-order valence-corrected chi connectivity index (χ0v) is 11.9. The van der Waals surface area contributed by atoms with Crippen LogP contribution in [0.1, 0.15) is 29.8 Å². The predicted octanol–water partition coefficient (Wildman–Crippen LogP) is 2.48. The molecular formula is C13H18N2O2S. The van der Waals surface area contributed by atoms with Gasteiger partial charge in [0.1, 0.15) is 0 Å². The number of esters is 1.